The summed E-state index contributed by atoms with van der Waals surface area (Å²) in [5.41, 5.74) is 0.290. The Morgan fingerprint density at radius 2 is 2.07 bits per heavy atom. The van der Waals surface area contributed by atoms with Crippen molar-refractivity contribution < 1.29 is 13.2 Å². The van der Waals surface area contributed by atoms with Crippen LogP contribution in [0.3, 0.4) is 0 Å². The van der Waals surface area contributed by atoms with Crippen LogP contribution in [0, 0.1) is 5.82 Å². The fraction of sp³-hybridized carbons (Fsp3) is 0.400. The molecular weight excluding hydrogens is 227 g/mol. The molecule has 0 aromatic heterocycles. The minimum absolute atomic E-state index is 0.143. The Bertz CT molecular complexity index is 330. The van der Waals surface area contributed by atoms with Crippen molar-refractivity contribution in [2.24, 2.45) is 0 Å². The highest BCUT2D eigenvalue weighted by atomic mass is 35.5. The van der Waals surface area contributed by atoms with Crippen LogP contribution in [0.5, 0.6) is 0 Å². The normalized spacial score (nSPS) is 13.2. The Morgan fingerprint density at radius 1 is 1.40 bits per heavy atom. The van der Waals surface area contributed by atoms with Gasteiger partial charge in [-0.2, -0.15) is 0 Å². The van der Waals surface area contributed by atoms with Gasteiger partial charge in [0.2, 0.25) is 0 Å². The number of rotatable bonds is 4. The average molecular weight is 238 g/mol. The Morgan fingerprint density at radius 3 is 2.53 bits per heavy atom. The molecular formula is C10H11ClF3N. The van der Waals surface area contributed by atoms with Crippen molar-refractivity contribution in [1.29, 1.82) is 0 Å². The lowest BCUT2D eigenvalue weighted by Crippen LogP contribution is -2.27. The van der Waals surface area contributed by atoms with Crippen molar-refractivity contribution in [2.45, 2.75) is 19.4 Å². The van der Waals surface area contributed by atoms with Crippen molar-refractivity contribution in [3.63, 3.8) is 0 Å². The Labute approximate surface area is 91.2 Å². The van der Waals surface area contributed by atoms with Crippen LogP contribution in [0.4, 0.5) is 13.2 Å². The van der Waals surface area contributed by atoms with E-state index < -0.39 is 18.3 Å². The molecule has 15 heavy (non-hydrogen) atoms. The van der Waals surface area contributed by atoms with Gasteiger partial charge in [-0.15, -0.1) is 0 Å². The van der Waals surface area contributed by atoms with E-state index in [2.05, 4.69) is 5.32 Å². The lowest BCUT2D eigenvalue weighted by Gasteiger charge is -2.17. The number of halogens is 4. The molecule has 0 amide bonds. The van der Waals surface area contributed by atoms with Crippen molar-refractivity contribution >= 4 is 11.6 Å². The van der Waals surface area contributed by atoms with Crippen molar-refractivity contribution in [1.82, 2.24) is 5.32 Å². The first-order valence-electron chi connectivity index (χ1n) is 4.52. The summed E-state index contributed by atoms with van der Waals surface area (Å²) in [6, 6.07) is 2.51. The molecule has 0 fully saturated rings. The molecule has 1 atom stereocenters. The number of alkyl halides is 2. The van der Waals surface area contributed by atoms with Crippen molar-refractivity contribution in [2.75, 3.05) is 6.54 Å². The van der Waals surface area contributed by atoms with Gasteiger partial charge in [-0.1, -0.05) is 24.6 Å². The summed E-state index contributed by atoms with van der Waals surface area (Å²) in [6.45, 7) is 2.13. The van der Waals surface area contributed by atoms with E-state index in [-0.39, 0.29) is 5.02 Å². The fourth-order valence-electron chi connectivity index (χ4n) is 1.28. The quantitative estimate of drug-likeness (QED) is 0.846. The number of hydrogen-bond donors (Lipinski definition) is 1. The molecule has 0 aliphatic carbocycles. The SMILES string of the molecule is CCNC(c1ccc(F)c(Cl)c1)C(F)F. The van der Waals surface area contributed by atoms with Crippen LogP contribution in [-0.2, 0) is 0 Å². The molecule has 1 nitrogen and oxygen atoms in total. The molecule has 84 valence electrons. The fourth-order valence-corrected chi connectivity index (χ4v) is 1.47. The molecule has 1 N–H and O–H groups in total. The third-order valence-electron chi connectivity index (χ3n) is 1.98. The summed E-state index contributed by atoms with van der Waals surface area (Å²) in [7, 11) is 0. The van der Waals surface area contributed by atoms with Gasteiger partial charge in [0.05, 0.1) is 11.1 Å². The topological polar surface area (TPSA) is 12.0 Å². The predicted octanol–water partition coefficient (Wildman–Crippen LogP) is 3.39. The second-order valence-corrected chi connectivity index (χ2v) is 3.45. The Hall–Kier alpha value is -0.740. The minimum Gasteiger partial charge on any atom is -0.306 e. The molecule has 0 saturated heterocycles. The zero-order valence-electron chi connectivity index (χ0n) is 8.11. The monoisotopic (exact) mass is 237 g/mol. The van der Waals surface area contributed by atoms with E-state index in [4.69, 9.17) is 11.6 Å². The predicted molar refractivity (Wildman–Crippen MR) is 53.8 cm³/mol. The molecule has 1 aromatic rings. The maximum atomic E-state index is 12.8. The van der Waals surface area contributed by atoms with E-state index in [9.17, 15) is 13.2 Å². The number of hydrogen-bond acceptors (Lipinski definition) is 1. The van der Waals surface area contributed by atoms with E-state index >= 15 is 0 Å². The van der Waals surface area contributed by atoms with E-state index in [1.54, 1.807) is 6.92 Å². The zero-order valence-corrected chi connectivity index (χ0v) is 8.86. The van der Waals surface area contributed by atoms with Crippen LogP contribution >= 0.6 is 11.6 Å². The third-order valence-corrected chi connectivity index (χ3v) is 2.27. The standard InChI is InChI=1S/C10H11ClF3N/c1-2-15-9(10(13)14)6-3-4-8(12)7(11)5-6/h3-5,9-10,15H,2H2,1H3. The van der Waals surface area contributed by atoms with E-state index in [1.165, 1.54) is 12.1 Å². The first-order valence-corrected chi connectivity index (χ1v) is 4.90. The molecule has 0 saturated carbocycles. The lowest BCUT2D eigenvalue weighted by atomic mass is 10.1. The average Bonchev–Trinajstić information content (AvgIpc) is 2.18. The highest BCUT2D eigenvalue weighted by Crippen LogP contribution is 2.24. The lowest BCUT2D eigenvalue weighted by molar-refractivity contribution is 0.0992. The molecule has 0 heterocycles. The molecule has 0 aliphatic rings. The van der Waals surface area contributed by atoms with Gasteiger partial charge in [-0.05, 0) is 24.2 Å². The van der Waals surface area contributed by atoms with Crippen LogP contribution in [0.25, 0.3) is 0 Å². The smallest absolute Gasteiger partial charge is 0.257 e. The molecule has 1 aromatic carbocycles. The second kappa shape index (κ2) is 5.37. The molecule has 5 heteroatoms. The van der Waals surface area contributed by atoms with Gasteiger partial charge < -0.3 is 5.32 Å². The van der Waals surface area contributed by atoms with Crippen LogP contribution < -0.4 is 5.32 Å². The minimum atomic E-state index is -2.55. The van der Waals surface area contributed by atoms with E-state index in [1.807, 2.05) is 0 Å². The Balaban J connectivity index is 2.95. The molecule has 0 aliphatic heterocycles. The summed E-state index contributed by atoms with van der Waals surface area (Å²) in [4.78, 5) is 0. The van der Waals surface area contributed by atoms with Crippen LogP contribution in [-0.4, -0.2) is 13.0 Å². The summed E-state index contributed by atoms with van der Waals surface area (Å²) >= 11 is 5.52. The summed E-state index contributed by atoms with van der Waals surface area (Å²) in [6.07, 6.45) is -2.55. The van der Waals surface area contributed by atoms with Crippen LogP contribution in [0.15, 0.2) is 18.2 Å². The maximum absolute atomic E-state index is 12.8. The summed E-state index contributed by atoms with van der Waals surface area (Å²) in [5, 5.41) is 2.47. The van der Waals surface area contributed by atoms with Gasteiger partial charge >= 0.3 is 0 Å². The highest BCUT2D eigenvalue weighted by molar-refractivity contribution is 6.30. The first kappa shape index (κ1) is 12.3. The molecule has 0 spiro atoms. The van der Waals surface area contributed by atoms with Crippen LogP contribution in [0.1, 0.15) is 18.5 Å². The molecule has 0 radical (unpaired) electrons. The first-order chi connectivity index (χ1) is 7.06. The van der Waals surface area contributed by atoms with Gasteiger partial charge in [0.15, 0.2) is 0 Å². The second-order valence-electron chi connectivity index (χ2n) is 3.04. The van der Waals surface area contributed by atoms with Gasteiger partial charge in [0, 0.05) is 0 Å². The summed E-state index contributed by atoms with van der Waals surface area (Å²) in [5.74, 6) is -0.607. The van der Waals surface area contributed by atoms with Gasteiger partial charge in [-0.3, -0.25) is 0 Å². The highest BCUT2D eigenvalue weighted by Gasteiger charge is 2.21. The maximum Gasteiger partial charge on any atom is 0.257 e. The van der Waals surface area contributed by atoms with Crippen molar-refractivity contribution in [3.8, 4) is 0 Å². The molecule has 0 bridgehead atoms. The van der Waals surface area contributed by atoms with Crippen LogP contribution in [0.2, 0.25) is 5.02 Å². The summed E-state index contributed by atoms with van der Waals surface area (Å²) < 4.78 is 38.0. The van der Waals surface area contributed by atoms with Gasteiger partial charge in [-0.25, -0.2) is 13.2 Å². The molecule has 1 unspecified atom stereocenters. The van der Waals surface area contributed by atoms with Gasteiger partial charge in [0.25, 0.3) is 6.43 Å². The van der Waals surface area contributed by atoms with E-state index in [0.29, 0.717) is 12.1 Å². The third kappa shape index (κ3) is 3.11. The largest absolute Gasteiger partial charge is 0.306 e. The van der Waals surface area contributed by atoms with Gasteiger partial charge in [0.1, 0.15) is 5.82 Å². The number of nitrogens with one attached hydrogen (secondary N) is 1. The van der Waals surface area contributed by atoms with E-state index in [0.717, 1.165) is 6.07 Å². The Kier molecular flexibility index (Phi) is 4.42. The zero-order chi connectivity index (χ0) is 11.4. The number of benzene rings is 1. The van der Waals surface area contributed by atoms with Crippen molar-refractivity contribution in [3.05, 3.63) is 34.6 Å². The molecule has 1 rings (SSSR count).